The third-order valence-corrected chi connectivity index (χ3v) is 16.4. The van der Waals surface area contributed by atoms with Gasteiger partial charge in [-0.2, -0.15) is 0 Å². The van der Waals surface area contributed by atoms with E-state index in [-0.39, 0.29) is 137 Å². The van der Waals surface area contributed by atoms with Gasteiger partial charge in [-0.3, -0.25) is 57.6 Å². The first-order chi connectivity index (χ1) is 40.1. The highest BCUT2D eigenvalue weighted by Gasteiger charge is 2.46. The number of cyclic esters (lactones) is 1. The van der Waals surface area contributed by atoms with Gasteiger partial charge >= 0.3 is 11.9 Å². The van der Waals surface area contributed by atoms with Crippen molar-refractivity contribution in [2.75, 3.05) is 19.6 Å². The van der Waals surface area contributed by atoms with Gasteiger partial charge in [-0.15, -0.1) is 0 Å². The summed E-state index contributed by atoms with van der Waals surface area (Å²) in [5.41, 5.74) is 2.08. The normalized spacial score (nSPS) is 18.2. The van der Waals surface area contributed by atoms with Gasteiger partial charge in [0.25, 0.3) is 5.56 Å². The first kappa shape index (κ1) is 61.7. The summed E-state index contributed by atoms with van der Waals surface area (Å²) in [6.07, 6.45) is 0.528. The van der Waals surface area contributed by atoms with Crippen LogP contribution < -0.4 is 26.8 Å². The summed E-state index contributed by atoms with van der Waals surface area (Å²) < 4.78 is 22.1. The number of amides is 6. The molecule has 8 rings (SSSR count). The number of aryl methyl sites for hydroxylation is 1. The summed E-state index contributed by atoms with van der Waals surface area (Å²) in [7, 11) is 0. The van der Waals surface area contributed by atoms with E-state index in [9.17, 15) is 67.7 Å². The lowest BCUT2D eigenvalue weighted by atomic mass is 9.81. The zero-order chi connectivity index (χ0) is 60.6. The number of likely N-dealkylation sites (tertiary alicyclic amines) is 1. The highest BCUT2D eigenvalue weighted by Crippen LogP contribution is 2.46. The van der Waals surface area contributed by atoms with Gasteiger partial charge in [0.15, 0.2) is 17.2 Å². The number of carboxylic acids is 1. The van der Waals surface area contributed by atoms with Crippen molar-refractivity contribution in [1.29, 1.82) is 0 Å². The van der Waals surface area contributed by atoms with E-state index in [1.165, 1.54) is 15.5 Å². The number of carbonyl (C=O) groups is 11. The number of pyridine rings is 2. The molecule has 22 nitrogen and oxygen atoms in total. The Kier molecular flexibility index (Phi) is 19.8. The number of rotatable bonds is 29. The first-order valence-corrected chi connectivity index (χ1v) is 28.7. The number of imide groups is 1. The second-order valence-electron chi connectivity index (χ2n) is 22.3. The molecule has 1 fully saturated rings. The number of unbranched alkanes of at least 4 members (excludes halogenated alkanes) is 2. The molecular formula is C61H70FN7O15. The molecule has 5 atom stereocenters. The fraction of sp³-hybridized carbons (Fsp3) is 0.492. The molecule has 0 saturated carbocycles. The van der Waals surface area contributed by atoms with Gasteiger partial charge in [-0.1, -0.05) is 50.6 Å². The van der Waals surface area contributed by atoms with Crippen LogP contribution in [0.3, 0.4) is 0 Å². The lowest BCUT2D eigenvalue weighted by molar-refractivity contribution is -0.172. The van der Waals surface area contributed by atoms with Crippen molar-refractivity contribution in [2.45, 2.75) is 161 Å². The molecular weight excluding hydrogens is 1090 g/mol. The smallest absolute Gasteiger partial charge is 0.343 e. The fourth-order valence-electron chi connectivity index (χ4n) is 11.7. The van der Waals surface area contributed by atoms with Crippen LogP contribution in [0.5, 0.6) is 0 Å². The number of carbonyl (C=O) groups excluding carboxylic acids is 10. The van der Waals surface area contributed by atoms with Crippen molar-refractivity contribution in [1.82, 2.24) is 35.7 Å². The number of halogens is 1. The van der Waals surface area contributed by atoms with E-state index in [1.807, 2.05) is 0 Å². The topological polar surface area (TPSA) is 324 Å². The molecule has 0 radical (unpaired) electrons. The lowest BCUT2D eigenvalue weighted by Crippen LogP contribution is -2.44. The van der Waals surface area contributed by atoms with Crippen LogP contribution in [-0.2, 0) is 89.1 Å². The molecule has 4 aromatic rings. The summed E-state index contributed by atoms with van der Waals surface area (Å²) in [5.74, 6) is -8.35. The Hall–Kier alpha value is -8.34. The van der Waals surface area contributed by atoms with Crippen molar-refractivity contribution in [2.24, 2.45) is 11.8 Å². The molecule has 446 valence electrons. The standard InChI is InChI=1S/C61H70FN7O15/c1-4-61(83)42-28-47-56-40(31-69(47)59(81)41(42)32-84-60(61)82)55-44(18-17-39-34(3)43(62)29-46(67-56)54(39)55)65-50(74)15-11-22-63-49(73)21-19-48(72)45(25-35-12-7-5-8-13-35)66-51(75)20-16-38(71)30-64-57(79)36(27-53(77)78)26-37(70)14-9-6-10-23-68-52(76)24-33(2)58(68)80/h5,7-8,12-13,28-29,33,36,44-45,83H,4,6,9-11,14-27,30-32H2,1-3H3,(H,63,73)(H,64,79)(H,65,74)(H,66,75)(H,77,78)/t33?,36-,44?,45-,61-/m0/s1. The predicted octanol–water partition coefficient (Wildman–Crippen LogP) is 4.07. The Morgan fingerprint density at radius 1 is 0.845 bits per heavy atom. The van der Waals surface area contributed by atoms with Gasteiger partial charge in [0.2, 0.25) is 35.4 Å². The lowest BCUT2D eigenvalue weighted by Gasteiger charge is -2.31. The highest BCUT2D eigenvalue weighted by molar-refractivity contribution is 6.03. The number of Topliss-reactive ketones (excluding diaryl/α,β-unsaturated/α-hetero) is 3. The molecule has 1 aliphatic carbocycles. The number of aliphatic carboxylic acids is 1. The number of hydrogen-bond donors (Lipinski definition) is 6. The van der Waals surface area contributed by atoms with Crippen LogP contribution in [0, 0.1) is 24.6 Å². The monoisotopic (exact) mass is 1160 g/mol. The maximum absolute atomic E-state index is 15.4. The maximum atomic E-state index is 15.4. The van der Waals surface area contributed by atoms with Gasteiger partial charge in [0, 0.05) is 93.0 Å². The third-order valence-electron chi connectivity index (χ3n) is 16.4. The van der Waals surface area contributed by atoms with Crippen LogP contribution in [-0.4, -0.2) is 115 Å². The average Bonchev–Trinajstić information content (AvgIpc) is 1.48. The van der Waals surface area contributed by atoms with E-state index in [2.05, 4.69) is 21.3 Å². The van der Waals surface area contributed by atoms with Gasteiger partial charge < -0.3 is 40.8 Å². The van der Waals surface area contributed by atoms with Crippen molar-refractivity contribution in [3.8, 4) is 11.4 Å². The predicted molar refractivity (Wildman–Crippen MR) is 299 cm³/mol. The van der Waals surface area contributed by atoms with Crippen LogP contribution in [0.2, 0.25) is 0 Å². The summed E-state index contributed by atoms with van der Waals surface area (Å²) in [4.78, 5) is 161. The fourth-order valence-corrected chi connectivity index (χ4v) is 11.7. The Labute approximate surface area is 483 Å². The molecule has 2 aromatic heterocycles. The quantitative estimate of drug-likeness (QED) is 0.0223. The SMILES string of the molecule is CC[C@@]1(O)C(=O)OCc2c1cc1n(c2=O)Cc2c-1nc1cc(F)c(C)c3c1c2C(NC(=O)CCCNC(=O)CCC(=O)[C@H](Cc1ccccc1)NC(=O)CCC(=O)CNC(=O)[C@H](CC(=O)O)CC(=O)CCCCCN1C(=O)CC(C)C1=O)CC3. The zero-order valence-electron chi connectivity index (χ0n) is 47.3. The second kappa shape index (κ2) is 26.9. The first-order valence-electron chi connectivity index (χ1n) is 28.7. The van der Waals surface area contributed by atoms with Crippen molar-refractivity contribution >= 4 is 75.6 Å². The summed E-state index contributed by atoms with van der Waals surface area (Å²) in [5, 5.41) is 32.4. The number of nitrogens with one attached hydrogen (secondary N) is 4. The van der Waals surface area contributed by atoms with Crippen LogP contribution >= 0.6 is 0 Å². The number of ether oxygens (including phenoxy) is 1. The highest BCUT2D eigenvalue weighted by atomic mass is 19.1. The van der Waals surface area contributed by atoms with Gasteiger partial charge in [0.1, 0.15) is 18.2 Å². The Morgan fingerprint density at radius 2 is 1.60 bits per heavy atom. The number of aliphatic hydroxyl groups is 1. The summed E-state index contributed by atoms with van der Waals surface area (Å²) in [6, 6.07) is 10.1. The number of esters is 1. The molecule has 84 heavy (non-hydrogen) atoms. The summed E-state index contributed by atoms with van der Waals surface area (Å²) >= 11 is 0. The van der Waals surface area contributed by atoms with E-state index in [4.69, 9.17) is 9.72 Å². The van der Waals surface area contributed by atoms with Gasteiger partial charge in [-0.05, 0) is 80.2 Å². The minimum Gasteiger partial charge on any atom is -0.481 e. The molecule has 4 aliphatic rings. The van der Waals surface area contributed by atoms with E-state index >= 15 is 4.39 Å². The number of hydrogen-bond acceptors (Lipinski definition) is 15. The van der Waals surface area contributed by atoms with Crippen molar-refractivity contribution in [3.63, 3.8) is 0 Å². The Bertz CT molecular complexity index is 3400. The van der Waals surface area contributed by atoms with Gasteiger partial charge in [-0.25, -0.2) is 14.2 Å². The molecule has 3 aliphatic heterocycles. The summed E-state index contributed by atoms with van der Waals surface area (Å²) in [6.45, 7) is 4.53. The van der Waals surface area contributed by atoms with Crippen molar-refractivity contribution in [3.05, 3.63) is 97.6 Å². The molecule has 2 unspecified atom stereocenters. The zero-order valence-corrected chi connectivity index (χ0v) is 47.3. The number of benzene rings is 2. The van der Waals surface area contributed by atoms with E-state index in [0.29, 0.717) is 76.6 Å². The largest absolute Gasteiger partial charge is 0.481 e. The van der Waals surface area contributed by atoms with Crippen LogP contribution in [0.4, 0.5) is 4.39 Å². The minimum absolute atomic E-state index is 0.00202. The molecule has 6 amide bonds. The van der Waals surface area contributed by atoms with E-state index in [0.717, 1.165) is 5.56 Å². The Morgan fingerprint density at radius 3 is 2.31 bits per heavy atom. The number of nitrogens with zero attached hydrogens (tertiary/aromatic N) is 3. The number of aromatic nitrogens is 2. The van der Waals surface area contributed by atoms with E-state index < -0.39 is 89.2 Å². The van der Waals surface area contributed by atoms with E-state index in [1.54, 1.807) is 57.2 Å². The molecule has 2 aromatic carbocycles. The molecule has 0 spiro atoms. The molecule has 23 heteroatoms. The Balaban J connectivity index is 0.791. The van der Waals surface area contributed by atoms with Crippen LogP contribution in [0.1, 0.15) is 155 Å². The average molecular weight is 1160 g/mol. The minimum atomic E-state index is -2.05. The van der Waals surface area contributed by atoms with Crippen LogP contribution in [0.25, 0.3) is 22.3 Å². The number of fused-ring (bicyclic) bond motifs is 5. The number of ketones is 3. The van der Waals surface area contributed by atoms with Crippen molar-refractivity contribution < 1.29 is 72.1 Å². The molecule has 6 N–H and O–H groups in total. The molecule has 5 heterocycles. The molecule has 1 saturated heterocycles. The molecule has 0 bridgehead atoms. The maximum Gasteiger partial charge on any atom is 0.343 e. The second-order valence-corrected chi connectivity index (χ2v) is 22.3. The third kappa shape index (κ3) is 14.0. The number of carboxylic acid groups (broad SMARTS) is 1. The van der Waals surface area contributed by atoms with Gasteiger partial charge in [0.05, 0.1) is 60.0 Å². The van der Waals surface area contributed by atoms with Crippen LogP contribution in [0.15, 0.2) is 47.3 Å².